The van der Waals surface area contributed by atoms with Crippen LogP contribution >= 0.6 is 23.2 Å². The molecule has 0 saturated heterocycles. The van der Waals surface area contributed by atoms with Crippen LogP contribution in [0.2, 0.25) is 10.3 Å². The molecule has 0 amide bonds. The molecule has 0 atom stereocenters. The molecule has 0 radical (unpaired) electrons. The molecule has 0 aliphatic carbocycles. The number of nitrogens with zero attached hydrogens (tertiary/aromatic N) is 1. The van der Waals surface area contributed by atoms with Crippen molar-refractivity contribution >= 4 is 35.0 Å². The van der Waals surface area contributed by atoms with Gasteiger partial charge in [-0.15, -0.1) is 0 Å². The Kier molecular flexibility index (Phi) is 5.25. The topological polar surface area (TPSA) is 56.3 Å². The van der Waals surface area contributed by atoms with Gasteiger partial charge in [-0.3, -0.25) is 9.59 Å². The number of aromatic nitrogens is 1. The Balaban J connectivity index is 2.81. The van der Waals surface area contributed by atoms with Crippen molar-refractivity contribution in [3.05, 3.63) is 40.4 Å². The first-order valence-corrected chi connectivity index (χ1v) is 5.52. The molecule has 1 aromatic rings. The fourth-order valence-electron chi connectivity index (χ4n) is 1.07. The maximum absolute atomic E-state index is 13.1. The highest BCUT2D eigenvalue weighted by molar-refractivity contribution is 6.35. The number of ether oxygens (including phenoxy) is 1. The molecular formula is C11H8Cl2FNO3. The normalized spacial score (nSPS) is 9.94. The first-order chi connectivity index (χ1) is 8.45. The Hall–Kier alpha value is -1.46. The minimum absolute atomic E-state index is 0.00687. The van der Waals surface area contributed by atoms with E-state index in [2.05, 4.69) is 16.3 Å². The first kappa shape index (κ1) is 14.6. The predicted molar refractivity (Wildman–Crippen MR) is 64.3 cm³/mol. The van der Waals surface area contributed by atoms with E-state index in [-0.39, 0.29) is 17.3 Å². The van der Waals surface area contributed by atoms with Crippen LogP contribution < -0.4 is 0 Å². The summed E-state index contributed by atoms with van der Waals surface area (Å²) in [5.74, 6) is -2.34. The second-order valence-electron chi connectivity index (χ2n) is 3.17. The van der Waals surface area contributed by atoms with E-state index in [1.165, 1.54) is 6.08 Å². The van der Waals surface area contributed by atoms with Crippen molar-refractivity contribution in [2.24, 2.45) is 0 Å². The molecule has 0 aliphatic heterocycles. The van der Waals surface area contributed by atoms with Crippen molar-refractivity contribution in [2.75, 3.05) is 6.61 Å². The number of halogens is 3. The van der Waals surface area contributed by atoms with Crippen LogP contribution in [0.1, 0.15) is 16.8 Å². The molecule has 7 heteroatoms. The molecule has 0 unspecified atom stereocenters. The highest BCUT2D eigenvalue weighted by Gasteiger charge is 2.18. The van der Waals surface area contributed by atoms with Crippen molar-refractivity contribution in [1.29, 1.82) is 0 Å². The smallest absolute Gasteiger partial charge is 0.314 e. The van der Waals surface area contributed by atoms with Gasteiger partial charge in [0.05, 0.1) is 5.56 Å². The van der Waals surface area contributed by atoms with Gasteiger partial charge in [-0.25, -0.2) is 9.37 Å². The molecule has 0 spiro atoms. The Labute approximate surface area is 112 Å². The fourth-order valence-corrected chi connectivity index (χ4v) is 1.50. The molecule has 1 aromatic heterocycles. The summed E-state index contributed by atoms with van der Waals surface area (Å²) in [5.41, 5.74) is -0.214. The standard InChI is InChI=1S/C11H8Cl2FNO3/c1-2-3-18-9(17)5-8(16)6-4-7(14)11(13)15-10(6)12/h2,4H,1,3,5H2. The lowest BCUT2D eigenvalue weighted by Gasteiger charge is -2.04. The van der Waals surface area contributed by atoms with Crippen molar-refractivity contribution in [1.82, 2.24) is 4.98 Å². The fraction of sp³-hybridized carbons (Fsp3) is 0.182. The third-order valence-corrected chi connectivity index (χ3v) is 2.41. The zero-order valence-electron chi connectivity index (χ0n) is 9.08. The number of carbonyl (C=O) groups is 2. The number of rotatable bonds is 5. The summed E-state index contributed by atoms with van der Waals surface area (Å²) in [5, 5.41) is -0.700. The Morgan fingerprint density at radius 3 is 2.72 bits per heavy atom. The SMILES string of the molecule is C=CCOC(=O)CC(=O)c1cc(F)c(Cl)nc1Cl. The van der Waals surface area contributed by atoms with Crippen LogP contribution in [0.15, 0.2) is 18.7 Å². The Morgan fingerprint density at radius 1 is 1.44 bits per heavy atom. The van der Waals surface area contributed by atoms with E-state index in [0.717, 1.165) is 6.07 Å². The summed E-state index contributed by atoms with van der Waals surface area (Å²) in [4.78, 5) is 26.2. The summed E-state index contributed by atoms with van der Waals surface area (Å²) >= 11 is 11.0. The van der Waals surface area contributed by atoms with Crippen LogP contribution in [0.3, 0.4) is 0 Å². The minimum Gasteiger partial charge on any atom is -0.461 e. The van der Waals surface area contributed by atoms with Crippen LogP contribution in [-0.2, 0) is 9.53 Å². The number of carbonyl (C=O) groups excluding carboxylic acids is 2. The number of pyridine rings is 1. The second-order valence-corrected chi connectivity index (χ2v) is 3.89. The lowest BCUT2D eigenvalue weighted by molar-refractivity contribution is -0.141. The molecule has 0 fully saturated rings. The van der Waals surface area contributed by atoms with Crippen LogP contribution in [0.4, 0.5) is 4.39 Å². The van der Waals surface area contributed by atoms with Crippen molar-refractivity contribution in [3.8, 4) is 0 Å². The zero-order chi connectivity index (χ0) is 13.7. The van der Waals surface area contributed by atoms with Crippen LogP contribution in [0.25, 0.3) is 0 Å². The average Bonchev–Trinajstić information content (AvgIpc) is 2.31. The molecule has 0 N–H and O–H groups in total. The summed E-state index contributed by atoms with van der Waals surface area (Å²) in [6.45, 7) is 3.34. The van der Waals surface area contributed by atoms with Gasteiger partial charge in [0.25, 0.3) is 0 Å². The van der Waals surface area contributed by atoms with Gasteiger partial charge in [-0.1, -0.05) is 35.9 Å². The van der Waals surface area contributed by atoms with Crippen LogP contribution in [-0.4, -0.2) is 23.3 Å². The van der Waals surface area contributed by atoms with Gasteiger partial charge in [0, 0.05) is 0 Å². The van der Waals surface area contributed by atoms with E-state index in [1.54, 1.807) is 0 Å². The van der Waals surface area contributed by atoms with Gasteiger partial charge in [0.15, 0.2) is 16.8 Å². The summed E-state index contributed by atoms with van der Waals surface area (Å²) in [7, 11) is 0. The first-order valence-electron chi connectivity index (χ1n) is 4.77. The molecule has 4 nitrogen and oxygen atoms in total. The van der Waals surface area contributed by atoms with Gasteiger partial charge in [-0.2, -0.15) is 0 Å². The number of Topliss-reactive ketones (excluding diaryl/α,β-unsaturated/α-hetero) is 1. The Bertz CT molecular complexity index is 505. The van der Waals surface area contributed by atoms with E-state index >= 15 is 0 Å². The molecule has 0 saturated carbocycles. The van der Waals surface area contributed by atoms with E-state index in [9.17, 15) is 14.0 Å². The third-order valence-electron chi connectivity index (χ3n) is 1.85. The minimum atomic E-state index is -0.885. The van der Waals surface area contributed by atoms with Gasteiger partial charge < -0.3 is 4.74 Å². The zero-order valence-corrected chi connectivity index (χ0v) is 10.6. The summed E-state index contributed by atoms with van der Waals surface area (Å²) in [6.07, 6.45) is 0.801. The van der Waals surface area contributed by atoms with Crippen LogP contribution in [0, 0.1) is 5.82 Å². The van der Waals surface area contributed by atoms with Gasteiger partial charge in [0.1, 0.15) is 18.2 Å². The Morgan fingerprint density at radius 2 is 2.11 bits per heavy atom. The average molecular weight is 292 g/mol. The van der Waals surface area contributed by atoms with Gasteiger partial charge in [0.2, 0.25) is 0 Å². The number of hydrogen-bond acceptors (Lipinski definition) is 4. The largest absolute Gasteiger partial charge is 0.461 e. The predicted octanol–water partition coefficient (Wildman–Crippen LogP) is 2.83. The molecule has 0 aromatic carbocycles. The maximum Gasteiger partial charge on any atom is 0.314 e. The highest BCUT2D eigenvalue weighted by atomic mass is 35.5. The second kappa shape index (κ2) is 6.47. The van der Waals surface area contributed by atoms with Gasteiger partial charge in [-0.05, 0) is 6.07 Å². The third kappa shape index (κ3) is 3.78. The quantitative estimate of drug-likeness (QED) is 0.275. The van der Waals surface area contributed by atoms with E-state index < -0.39 is 29.1 Å². The van der Waals surface area contributed by atoms with Crippen molar-refractivity contribution in [2.45, 2.75) is 6.42 Å². The van der Waals surface area contributed by atoms with Crippen molar-refractivity contribution in [3.63, 3.8) is 0 Å². The van der Waals surface area contributed by atoms with Crippen molar-refractivity contribution < 1.29 is 18.7 Å². The van der Waals surface area contributed by atoms with Crippen LogP contribution in [0.5, 0.6) is 0 Å². The summed E-state index contributed by atoms with van der Waals surface area (Å²) < 4.78 is 17.7. The monoisotopic (exact) mass is 291 g/mol. The van der Waals surface area contributed by atoms with E-state index in [0.29, 0.717) is 0 Å². The number of hydrogen-bond donors (Lipinski definition) is 0. The molecule has 1 heterocycles. The molecule has 0 bridgehead atoms. The summed E-state index contributed by atoms with van der Waals surface area (Å²) in [6, 6.07) is 0.834. The lowest BCUT2D eigenvalue weighted by Crippen LogP contribution is -2.12. The molecule has 1 rings (SSSR count). The molecule has 18 heavy (non-hydrogen) atoms. The molecule has 0 aliphatic rings. The lowest BCUT2D eigenvalue weighted by atomic mass is 10.1. The maximum atomic E-state index is 13.1. The molecular weight excluding hydrogens is 284 g/mol. The van der Waals surface area contributed by atoms with E-state index in [1.807, 2.05) is 0 Å². The van der Waals surface area contributed by atoms with E-state index in [4.69, 9.17) is 23.2 Å². The number of esters is 1. The molecule has 96 valence electrons. The van der Waals surface area contributed by atoms with Gasteiger partial charge >= 0.3 is 5.97 Å². The number of ketones is 1. The highest BCUT2D eigenvalue weighted by Crippen LogP contribution is 2.21.